The minimum absolute atomic E-state index is 0. The summed E-state index contributed by atoms with van der Waals surface area (Å²) >= 11 is 18.8. The molecule has 0 aromatic carbocycles. The first-order valence-corrected chi connectivity index (χ1v) is 7.66. The first-order valence-electron chi connectivity index (χ1n) is 6.03. The first-order chi connectivity index (χ1) is 8.58. The van der Waals surface area contributed by atoms with E-state index in [4.69, 9.17) is 49.7 Å². The third-order valence-electron chi connectivity index (χ3n) is 2.71. The number of hydrazine groups is 2. The molecule has 0 aromatic rings. The van der Waals surface area contributed by atoms with Crippen LogP contribution in [0.2, 0.25) is 0 Å². The second-order valence-electron chi connectivity index (χ2n) is 4.19. The Bertz CT molecular complexity index is 253. The molecule has 4 nitrogen and oxygen atoms in total. The third kappa shape index (κ3) is 10.1. The molecular weight excluding hydrogens is 360 g/mol. The van der Waals surface area contributed by atoms with Crippen molar-refractivity contribution in [1.82, 2.24) is 20.9 Å². The Morgan fingerprint density at radius 3 is 1.21 bits per heavy atom. The molecule has 2 heterocycles. The summed E-state index contributed by atoms with van der Waals surface area (Å²) in [6, 6.07) is 0. The summed E-state index contributed by atoms with van der Waals surface area (Å²) in [5.74, 6) is 0. The van der Waals surface area contributed by atoms with Crippen molar-refractivity contribution in [2.24, 2.45) is 0 Å². The van der Waals surface area contributed by atoms with Crippen LogP contribution < -0.4 is 10.9 Å². The van der Waals surface area contributed by atoms with Crippen LogP contribution in [0.25, 0.3) is 0 Å². The van der Waals surface area contributed by atoms with E-state index in [0.717, 1.165) is 26.2 Å². The van der Waals surface area contributed by atoms with Crippen LogP contribution in [-0.2, 0) is 42.3 Å². The molecule has 2 rings (SSSR count). The van der Waals surface area contributed by atoms with Crippen LogP contribution >= 0.6 is 24.4 Å². The minimum Gasteiger partial charge on any atom is -0.410 e. The number of hydrogen-bond donors (Lipinski definition) is 2. The molecule has 19 heavy (non-hydrogen) atoms. The summed E-state index contributed by atoms with van der Waals surface area (Å²) in [5, 5.41) is 4.13. The van der Waals surface area contributed by atoms with Gasteiger partial charge in [0.1, 0.15) is 0 Å². The maximum absolute atomic E-state index is 4.69. The zero-order chi connectivity index (χ0) is 13.4. The fourth-order valence-corrected chi connectivity index (χ4v) is 2.43. The van der Waals surface area contributed by atoms with E-state index in [9.17, 15) is 0 Å². The molecule has 0 amide bonds. The van der Waals surface area contributed by atoms with Gasteiger partial charge in [-0.25, -0.2) is 10.0 Å². The van der Waals surface area contributed by atoms with Crippen molar-refractivity contribution < 1.29 is 17.1 Å². The van der Waals surface area contributed by atoms with Crippen molar-refractivity contribution in [1.29, 1.82) is 0 Å². The van der Waals surface area contributed by atoms with Crippen LogP contribution in [0.5, 0.6) is 0 Å². The van der Waals surface area contributed by atoms with Gasteiger partial charge in [0.05, 0.1) is 0 Å². The van der Waals surface area contributed by atoms with Crippen LogP contribution in [0.3, 0.4) is 0 Å². The molecule has 0 aromatic heterocycles. The van der Waals surface area contributed by atoms with Crippen LogP contribution in [0, 0.1) is 0 Å². The van der Waals surface area contributed by atoms with Crippen molar-refractivity contribution in [3.05, 3.63) is 0 Å². The summed E-state index contributed by atoms with van der Waals surface area (Å²) in [4.78, 5) is 0. The molecule has 0 atom stereocenters. The first kappa shape index (κ1) is 19.7. The van der Waals surface area contributed by atoms with Crippen molar-refractivity contribution in [2.45, 2.75) is 25.7 Å². The topological polar surface area (TPSA) is 30.5 Å². The number of thiocarbonyl (C=S) groups is 2. The van der Waals surface area contributed by atoms with Crippen LogP contribution in [0.1, 0.15) is 25.7 Å². The Hall–Kier alpha value is 0.659. The SMILES string of the molecule is S=C([S-])NN1CCCC1.S=C([S-])NN1CCCC1.[Fe+2]. The summed E-state index contributed by atoms with van der Waals surface area (Å²) in [7, 11) is 0. The van der Waals surface area contributed by atoms with E-state index in [-0.39, 0.29) is 17.1 Å². The number of nitrogens with one attached hydrogen (secondary N) is 2. The summed E-state index contributed by atoms with van der Waals surface area (Å²) in [6.45, 7) is 4.32. The molecule has 2 fully saturated rings. The molecule has 2 aliphatic rings. The maximum Gasteiger partial charge on any atom is 2.00 e. The van der Waals surface area contributed by atoms with Gasteiger partial charge in [-0.05, 0) is 34.3 Å². The van der Waals surface area contributed by atoms with E-state index >= 15 is 0 Å². The molecule has 9 heteroatoms. The Morgan fingerprint density at radius 1 is 0.737 bits per heavy atom. The summed E-state index contributed by atoms with van der Waals surface area (Å²) in [5.41, 5.74) is 5.84. The Kier molecular flexibility index (Phi) is 11.7. The van der Waals surface area contributed by atoms with Gasteiger partial charge in [-0.3, -0.25) is 0 Å². The van der Waals surface area contributed by atoms with Gasteiger partial charge >= 0.3 is 17.1 Å². The van der Waals surface area contributed by atoms with E-state index in [2.05, 4.69) is 20.9 Å². The third-order valence-corrected chi connectivity index (χ3v) is 3.08. The van der Waals surface area contributed by atoms with Gasteiger partial charge in [-0.2, -0.15) is 0 Å². The molecule has 2 N–H and O–H groups in total. The average molecular weight is 378 g/mol. The molecule has 0 unspecified atom stereocenters. The predicted octanol–water partition coefficient (Wildman–Crippen LogP) is 0.835. The van der Waals surface area contributed by atoms with Gasteiger partial charge in [0.15, 0.2) is 0 Å². The average Bonchev–Trinajstić information content (AvgIpc) is 2.90. The van der Waals surface area contributed by atoms with Crippen molar-refractivity contribution in [3.63, 3.8) is 0 Å². The molecule has 0 saturated carbocycles. The van der Waals surface area contributed by atoms with Crippen LogP contribution in [-0.4, -0.2) is 44.8 Å². The quantitative estimate of drug-likeness (QED) is 0.415. The van der Waals surface area contributed by atoms with Gasteiger partial charge in [0, 0.05) is 26.2 Å². The summed E-state index contributed by atoms with van der Waals surface area (Å²) in [6.07, 6.45) is 5.02. The molecule has 0 bridgehead atoms. The van der Waals surface area contributed by atoms with Crippen LogP contribution in [0.15, 0.2) is 0 Å². The van der Waals surface area contributed by atoms with Gasteiger partial charge < -0.3 is 60.5 Å². The van der Waals surface area contributed by atoms with E-state index in [1.54, 1.807) is 0 Å². The smallest absolute Gasteiger partial charge is 0.410 e. The van der Waals surface area contributed by atoms with E-state index in [0.29, 0.717) is 8.64 Å². The molecule has 2 saturated heterocycles. The van der Waals surface area contributed by atoms with E-state index < -0.39 is 0 Å². The van der Waals surface area contributed by atoms with Crippen molar-refractivity contribution >= 4 is 58.3 Å². The molecule has 0 radical (unpaired) electrons. The van der Waals surface area contributed by atoms with Gasteiger partial charge in [0.2, 0.25) is 0 Å². The van der Waals surface area contributed by atoms with Gasteiger partial charge in [-0.1, -0.05) is 0 Å². The Labute approximate surface area is 147 Å². The predicted molar refractivity (Wildman–Crippen MR) is 87.8 cm³/mol. The molecule has 0 spiro atoms. The molecule has 2 aliphatic heterocycles. The second kappa shape index (κ2) is 11.3. The molecule has 110 valence electrons. The normalized spacial score (nSPS) is 18.9. The van der Waals surface area contributed by atoms with E-state index in [1.807, 2.05) is 0 Å². The monoisotopic (exact) mass is 378 g/mol. The second-order valence-corrected chi connectivity index (χ2v) is 6.34. The zero-order valence-corrected chi connectivity index (χ0v) is 14.9. The van der Waals surface area contributed by atoms with Gasteiger partial charge in [-0.15, -0.1) is 0 Å². The number of rotatable bonds is 2. The largest absolute Gasteiger partial charge is 2.00 e. The molecular formula is C10H18FeN4S4. The Morgan fingerprint density at radius 2 is 1.00 bits per heavy atom. The van der Waals surface area contributed by atoms with Crippen molar-refractivity contribution in [3.8, 4) is 0 Å². The van der Waals surface area contributed by atoms with Crippen LogP contribution in [0.4, 0.5) is 0 Å². The fourth-order valence-electron chi connectivity index (χ4n) is 1.92. The Balaban J connectivity index is 0.000000324. The molecule has 0 aliphatic carbocycles. The van der Waals surface area contributed by atoms with Crippen molar-refractivity contribution in [2.75, 3.05) is 26.2 Å². The minimum atomic E-state index is 0. The number of nitrogens with zero attached hydrogens (tertiary/aromatic N) is 2. The number of hydrogen-bond acceptors (Lipinski definition) is 6. The fraction of sp³-hybridized carbons (Fsp3) is 0.800. The standard InChI is InChI=1S/2C5H10N2S2.Fe/c2*8-5(9)6-7-3-1-2-4-7;/h2*1-4H2,(H2,6,8,9);/q;;+2/p-2. The zero-order valence-electron chi connectivity index (χ0n) is 10.5. The van der Waals surface area contributed by atoms with Gasteiger partial charge in [0.25, 0.3) is 0 Å². The summed E-state index contributed by atoms with van der Waals surface area (Å²) < 4.78 is 0.911. The van der Waals surface area contributed by atoms with E-state index in [1.165, 1.54) is 25.7 Å². The maximum atomic E-state index is 4.69.